The van der Waals surface area contributed by atoms with Crippen LogP contribution in [0.1, 0.15) is 24.2 Å². The fourth-order valence-corrected chi connectivity index (χ4v) is 3.05. The Kier molecular flexibility index (Phi) is 6.46. The van der Waals surface area contributed by atoms with Crippen molar-refractivity contribution in [1.29, 1.82) is 0 Å². The second-order valence-electron chi connectivity index (χ2n) is 6.73. The van der Waals surface area contributed by atoms with Crippen LogP contribution < -0.4 is 20.3 Å². The lowest BCUT2D eigenvalue weighted by molar-refractivity contribution is -0.123. The van der Waals surface area contributed by atoms with Gasteiger partial charge in [0.05, 0.1) is 0 Å². The Morgan fingerprint density at radius 1 is 1.15 bits per heavy atom. The molecule has 3 rings (SSSR count). The molecule has 7 nitrogen and oxygen atoms in total. The maximum absolute atomic E-state index is 11.9. The van der Waals surface area contributed by atoms with Crippen LogP contribution >= 0.6 is 0 Å². The van der Waals surface area contributed by atoms with E-state index in [1.54, 1.807) is 0 Å². The molecule has 1 amide bonds. The lowest BCUT2D eigenvalue weighted by Crippen LogP contribution is -2.32. The van der Waals surface area contributed by atoms with Crippen molar-refractivity contribution in [2.24, 2.45) is 0 Å². The largest absolute Gasteiger partial charge is 0.484 e. The molecule has 0 aliphatic carbocycles. The van der Waals surface area contributed by atoms with Gasteiger partial charge in [-0.2, -0.15) is 0 Å². The molecule has 0 unspecified atom stereocenters. The summed E-state index contributed by atoms with van der Waals surface area (Å²) in [5, 5.41) is 6.09. The summed E-state index contributed by atoms with van der Waals surface area (Å²) in [6.07, 6.45) is 2.42. The highest BCUT2D eigenvalue weighted by molar-refractivity contribution is 5.77. The summed E-state index contributed by atoms with van der Waals surface area (Å²) < 4.78 is 5.49. The van der Waals surface area contributed by atoms with Crippen LogP contribution in [0.25, 0.3) is 0 Å². The fraction of sp³-hybridized carbons (Fsp3) is 0.450. The summed E-state index contributed by atoms with van der Waals surface area (Å²) >= 11 is 0. The first-order valence-corrected chi connectivity index (χ1v) is 9.41. The van der Waals surface area contributed by atoms with E-state index in [4.69, 9.17) is 4.74 Å². The molecule has 2 N–H and O–H groups in total. The van der Waals surface area contributed by atoms with Gasteiger partial charge < -0.3 is 20.3 Å². The topological polar surface area (TPSA) is 79.4 Å². The van der Waals surface area contributed by atoms with E-state index in [9.17, 15) is 4.79 Å². The van der Waals surface area contributed by atoms with Crippen molar-refractivity contribution in [2.75, 3.05) is 43.0 Å². The minimum absolute atomic E-state index is 0.00910. The lowest BCUT2D eigenvalue weighted by atomic mass is 10.2. The molecule has 1 saturated heterocycles. The standard InChI is InChI=1S/C20H27N5O2/c1-15-6-5-7-17(12-15)27-14-20(26)22-9-8-21-18-13-19(24-16(2)23-18)25-10-3-4-11-25/h5-7,12-13H,3-4,8-11,14H2,1-2H3,(H,22,26)(H,21,23,24). The SMILES string of the molecule is Cc1cccc(OCC(=O)NCCNc2cc(N3CCCC3)nc(C)n2)c1. The van der Waals surface area contributed by atoms with E-state index in [-0.39, 0.29) is 12.5 Å². The van der Waals surface area contributed by atoms with Crippen molar-refractivity contribution < 1.29 is 9.53 Å². The van der Waals surface area contributed by atoms with E-state index in [1.165, 1.54) is 12.8 Å². The second kappa shape index (κ2) is 9.21. The predicted molar refractivity (Wildman–Crippen MR) is 106 cm³/mol. The zero-order chi connectivity index (χ0) is 19.1. The number of carbonyl (C=O) groups excluding carboxylic acids is 1. The van der Waals surface area contributed by atoms with Crippen LogP contribution in [-0.4, -0.2) is 48.7 Å². The second-order valence-corrected chi connectivity index (χ2v) is 6.73. The fourth-order valence-electron chi connectivity index (χ4n) is 3.05. The number of aryl methyl sites for hydroxylation is 2. The normalized spacial score (nSPS) is 13.5. The van der Waals surface area contributed by atoms with Crippen LogP contribution in [0.2, 0.25) is 0 Å². The Morgan fingerprint density at radius 3 is 2.74 bits per heavy atom. The van der Waals surface area contributed by atoms with E-state index in [2.05, 4.69) is 25.5 Å². The van der Waals surface area contributed by atoms with Crippen LogP contribution in [0.4, 0.5) is 11.6 Å². The van der Waals surface area contributed by atoms with E-state index >= 15 is 0 Å². The van der Waals surface area contributed by atoms with Crippen molar-refractivity contribution >= 4 is 17.5 Å². The van der Waals surface area contributed by atoms with Gasteiger partial charge in [-0.15, -0.1) is 0 Å². The van der Waals surface area contributed by atoms with Gasteiger partial charge in [-0.3, -0.25) is 4.79 Å². The minimum atomic E-state index is -0.144. The number of benzene rings is 1. The van der Waals surface area contributed by atoms with Crippen molar-refractivity contribution in [3.05, 3.63) is 41.7 Å². The Bertz CT molecular complexity index is 775. The van der Waals surface area contributed by atoms with Crippen molar-refractivity contribution in [2.45, 2.75) is 26.7 Å². The molecule has 1 fully saturated rings. The number of aromatic nitrogens is 2. The molecule has 1 aliphatic rings. The van der Waals surface area contributed by atoms with E-state index in [1.807, 2.05) is 44.2 Å². The molecule has 2 heterocycles. The van der Waals surface area contributed by atoms with Crippen LogP contribution in [-0.2, 0) is 4.79 Å². The molecule has 7 heteroatoms. The van der Waals surface area contributed by atoms with Crippen molar-refractivity contribution in [3.8, 4) is 5.75 Å². The number of hydrogen-bond acceptors (Lipinski definition) is 6. The molecule has 1 aromatic carbocycles. The molecule has 27 heavy (non-hydrogen) atoms. The van der Waals surface area contributed by atoms with Crippen LogP contribution in [0.5, 0.6) is 5.75 Å². The maximum atomic E-state index is 11.9. The first kappa shape index (κ1) is 18.9. The van der Waals surface area contributed by atoms with Crippen LogP contribution in [0.3, 0.4) is 0 Å². The molecule has 0 bridgehead atoms. The molecule has 0 saturated carbocycles. The number of ether oxygens (including phenoxy) is 1. The average molecular weight is 369 g/mol. The van der Waals surface area contributed by atoms with Gasteiger partial charge in [0.25, 0.3) is 5.91 Å². The Labute approximate surface area is 160 Å². The zero-order valence-electron chi connectivity index (χ0n) is 16.0. The molecule has 1 aromatic heterocycles. The first-order valence-electron chi connectivity index (χ1n) is 9.41. The zero-order valence-corrected chi connectivity index (χ0v) is 16.0. The van der Waals surface area contributed by atoms with Gasteiger partial charge in [-0.1, -0.05) is 12.1 Å². The highest BCUT2D eigenvalue weighted by Gasteiger charge is 2.15. The maximum Gasteiger partial charge on any atom is 0.258 e. The Balaban J connectivity index is 1.40. The number of carbonyl (C=O) groups is 1. The highest BCUT2D eigenvalue weighted by Crippen LogP contribution is 2.20. The predicted octanol–water partition coefficient (Wildman–Crippen LogP) is 2.30. The molecule has 2 aromatic rings. The smallest absolute Gasteiger partial charge is 0.258 e. The molecule has 0 atom stereocenters. The van der Waals surface area contributed by atoms with Gasteiger partial charge in [0.1, 0.15) is 23.2 Å². The number of hydrogen-bond donors (Lipinski definition) is 2. The quantitative estimate of drug-likeness (QED) is 0.695. The third-order valence-corrected chi connectivity index (χ3v) is 4.37. The summed E-state index contributed by atoms with van der Waals surface area (Å²) in [7, 11) is 0. The van der Waals surface area contributed by atoms with Gasteiger partial charge >= 0.3 is 0 Å². The average Bonchev–Trinajstić information content (AvgIpc) is 3.18. The molecule has 0 spiro atoms. The molecule has 1 aliphatic heterocycles. The number of anilines is 2. The minimum Gasteiger partial charge on any atom is -0.484 e. The Hall–Kier alpha value is -2.83. The number of amides is 1. The lowest BCUT2D eigenvalue weighted by Gasteiger charge is -2.17. The van der Waals surface area contributed by atoms with Gasteiger partial charge in [-0.25, -0.2) is 9.97 Å². The van der Waals surface area contributed by atoms with Crippen LogP contribution in [0.15, 0.2) is 30.3 Å². The molecule has 0 radical (unpaired) electrons. The molecule has 144 valence electrons. The van der Waals surface area contributed by atoms with E-state index in [0.717, 1.165) is 36.1 Å². The number of rotatable bonds is 8. The van der Waals surface area contributed by atoms with Crippen molar-refractivity contribution in [1.82, 2.24) is 15.3 Å². The summed E-state index contributed by atoms with van der Waals surface area (Å²) in [5.41, 5.74) is 1.10. The number of nitrogens with one attached hydrogen (secondary N) is 2. The third kappa shape index (κ3) is 5.84. The van der Waals surface area contributed by atoms with Gasteiger partial charge in [0.2, 0.25) is 0 Å². The summed E-state index contributed by atoms with van der Waals surface area (Å²) in [5.74, 6) is 3.06. The molecular weight excluding hydrogens is 342 g/mol. The highest BCUT2D eigenvalue weighted by atomic mass is 16.5. The summed E-state index contributed by atoms with van der Waals surface area (Å²) in [6, 6.07) is 9.62. The Morgan fingerprint density at radius 2 is 1.96 bits per heavy atom. The van der Waals surface area contributed by atoms with E-state index < -0.39 is 0 Å². The van der Waals surface area contributed by atoms with Gasteiger partial charge in [0, 0.05) is 32.2 Å². The van der Waals surface area contributed by atoms with E-state index in [0.29, 0.717) is 18.8 Å². The third-order valence-electron chi connectivity index (χ3n) is 4.37. The summed E-state index contributed by atoms with van der Waals surface area (Å²) in [6.45, 7) is 7.08. The van der Waals surface area contributed by atoms with Crippen LogP contribution in [0, 0.1) is 13.8 Å². The molecular formula is C20H27N5O2. The summed E-state index contributed by atoms with van der Waals surface area (Å²) in [4.78, 5) is 23.1. The monoisotopic (exact) mass is 369 g/mol. The van der Waals surface area contributed by atoms with Gasteiger partial charge in [0.15, 0.2) is 6.61 Å². The number of nitrogens with zero attached hydrogens (tertiary/aromatic N) is 3. The first-order chi connectivity index (χ1) is 13.1. The van der Waals surface area contributed by atoms with Crippen molar-refractivity contribution in [3.63, 3.8) is 0 Å². The van der Waals surface area contributed by atoms with Gasteiger partial charge in [-0.05, 0) is 44.4 Å².